The Balaban J connectivity index is 1.55. The Kier molecular flexibility index (Phi) is 5.22. The molecular formula is C20H24ClN3O3S. The number of hydrogen-bond donors (Lipinski definition) is 0. The van der Waals surface area contributed by atoms with Crippen molar-refractivity contribution >= 4 is 38.3 Å². The summed E-state index contributed by atoms with van der Waals surface area (Å²) in [6.45, 7) is 4.41. The molecule has 3 aliphatic rings. The highest BCUT2D eigenvalue weighted by Crippen LogP contribution is 2.34. The Bertz CT molecular complexity index is 949. The third kappa shape index (κ3) is 3.57. The van der Waals surface area contributed by atoms with Crippen LogP contribution in [0.15, 0.2) is 34.2 Å². The van der Waals surface area contributed by atoms with Crippen LogP contribution in [-0.2, 0) is 14.8 Å². The average molecular weight is 422 g/mol. The highest BCUT2D eigenvalue weighted by atomic mass is 35.5. The molecule has 0 radical (unpaired) electrons. The quantitative estimate of drug-likeness (QED) is 0.735. The van der Waals surface area contributed by atoms with E-state index in [1.807, 2.05) is 9.80 Å². The molecule has 0 aromatic heterocycles. The molecule has 1 saturated carbocycles. The number of carbonyl (C=O) groups is 1. The second-order valence-corrected chi connectivity index (χ2v) is 9.62. The lowest BCUT2D eigenvalue weighted by Crippen LogP contribution is -2.41. The monoisotopic (exact) mass is 421 g/mol. The molecule has 2 heterocycles. The minimum Gasteiger partial charge on any atom is -0.354 e. The van der Waals surface area contributed by atoms with Crippen LogP contribution in [0.2, 0.25) is 5.02 Å². The van der Waals surface area contributed by atoms with Gasteiger partial charge in [0.25, 0.3) is 10.0 Å². The summed E-state index contributed by atoms with van der Waals surface area (Å²) in [6.07, 6.45) is 3.94. The molecule has 0 N–H and O–H groups in total. The van der Waals surface area contributed by atoms with Crippen molar-refractivity contribution < 1.29 is 13.2 Å². The van der Waals surface area contributed by atoms with Gasteiger partial charge in [-0.3, -0.25) is 4.79 Å². The normalized spacial score (nSPS) is 22.7. The van der Waals surface area contributed by atoms with Gasteiger partial charge in [-0.05, 0) is 43.9 Å². The summed E-state index contributed by atoms with van der Waals surface area (Å²) in [5, 5.41) is 0.558. The zero-order valence-electron chi connectivity index (χ0n) is 15.9. The van der Waals surface area contributed by atoms with Gasteiger partial charge in [0.15, 0.2) is 0 Å². The van der Waals surface area contributed by atoms with Crippen molar-refractivity contribution in [1.82, 2.24) is 9.80 Å². The van der Waals surface area contributed by atoms with Gasteiger partial charge in [0.05, 0.1) is 0 Å². The van der Waals surface area contributed by atoms with E-state index in [-0.39, 0.29) is 16.7 Å². The van der Waals surface area contributed by atoms with E-state index in [9.17, 15) is 13.2 Å². The molecule has 0 bridgehead atoms. The summed E-state index contributed by atoms with van der Waals surface area (Å²) in [5.41, 5.74) is 1.25. The molecule has 2 fully saturated rings. The Morgan fingerprint density at radius 3 is 2.43 bits per heavy atom. The summed E-state index contributed by atoms with van der Waals surface area (Å²) >= 11 is 5.94. The highest BCUT2D eigenvalue weighted by molar-refractivity contribution is 8.00. The fourth-order valence-corrected chi connectivity index (χ4v) is 5.66. The lowest BCUT2D eigenvalue weighted by atomic mass is 9.84. The Morgan fingerprint density at radius 2 is 1.79 bits per heavy atom. The lowest BCUT2D eigenvalue weighted by molar-refractivity contribution is -0.138. The maximum Gasteiger partial charge on any atom is 0.285 e. The van der Waals surface area contributed by atoms with Crippen LogP contribution in [0.4, 0.5) is 0 Å². The van der Waals surface area contributed by atoms with E-state index in [0.29, 0.717) is 41.6 Å². The van der Waals surface area contributed by atoms with Gasteiger partial charge in [-0.1, -0.05) is 30.2 Å². The van der Waals surface area contributed by atoms with Gasteiger partial charge in [0.1, 0.15) is 10.7 Å². The molecule has 8 heteroatoms. The average Bonchev–Trinajstić information content (AvgIpc) is 2.78. The van der Waals surface area contributed by atoms with Crippen LogP contribution in [-0.4, -0.2) is 56.1 Å². The summed E-state index contributed by atoms with van der Waals surface area (Å²) < 4.78 is 29.6. The maximum atomic E-state index is 12.7. The first-order chi connectivity index (χ1) is 13.4. The molecule has 150 valence electrons. The molecule has 4 rings (SSSR count). The van der Waals surface area contributed by atoms with Gasteiger partial charge in [0, 0.05) is 42.7 Å². The second-order valence-electron chi connectivity index (χ2n) is 7.64. The number of amides is 1. The molecule has 2 aliphatic heterocycles. The minimum atomic E-state index is -3.75. The fraction of sp³-hybridized carbons (Fsp3) is 0.500. The molecule has 0 atom stereocenters. The summed E-state index contributed by atoms with van der Waals surface area (Å²) in [5.74, 6) is 0.944. The molecule has 1 saturated heterocycles. The predicted octanol–water partition coefficient (Wildman–Crippen LogP) is 3.15. The number of benzene rings is 1. The van der Waals surface area contributed by atoms with Gasteiger partial charge in [-0.2, -0.15) is 8.42 Å². The van der Waals surface area contributed by atoms with Crippen molar-refractivity contribution in [3.05, 3.63) is 40.4 Å². The molecular weight excluding hydrogens is 398 g/mol. The van der Waals surface area contributed by atoms with Crippen molar-refractivity contribution in [2.75, 3.05) is 26.2 Å². The van der Waals surface area contributed by atoms with Gasteiger partial charge < -0.3 is 9.80 Å². The van der Waals surface area contributed by atoms with Crippen molar-refractivity contribution in [3.8, 4) is 0 Å². The summed E-state index contributed by atoms with van der Waals surface area (Å²) in [4.78, 5) is 16.7. The Morgan fingerprint density at radius 1 is 1.07 bits per heavy atom. The smallest absolute Gasteiger partial charge is 0.285 e. The number of sulfonamides is 1. The first-order valence-corrected chi connectivity index (χ1v) is 11.5. The van der Waals surface area contributed by atoms with Crippen molar-refractivity contribution in [3.63, 3.8) is 0 Å². The molecule has 0 spiro atoms. The number of amidine groups is 1. The zero-order valence-corrected chi connectivity index (χ0v) is 17.5. The second kappa shape index (κ2) is 7.52. The topological polar surface area (TPSA) is 70.1 Å². The molecule has 1 aliphatic carbocycles. The van der Waals surface area contributed by atoms with Gasteiger partial charge in [-0.15, -0.1) is 4.40 Å². The van der Waals surface area contributed by atoms with Crippen LogP contribution >= 0.6 is 11.6 Å². The van der Waals surface area contributed by atoms with E-state index < -0.39 is 10.0 Å². The van der Waals surface area contributed by atoms with E-state index in [0.717, 1.165) is 32.2 Å². The van der Waals surface area contributed by atoms with E-state index in [2.05, 4.69) is 4.40 Å². The molecule has 1 aromatic rings. The molecule has 28 heavy (non-hydrogen) atoms. The first-order valence-electron chi connectivity index (χ1n) is 9.73. The Labute approximate surface area is 170 Å². The van der Waals surface area contributed by atoms with Crippen LogP contribution in [0.5, 0.6) is 0 Å². The van der Waals surface area contributed by atoms with E-state index >= 15 is 0 Å². The fourth-order valence-electron chi connectivity index (χ4n) is 4.05. The SMILES string of the molecule is CC1=C(c2ccc(Cl)cc2)S(=O)(=O)N=C1N1CCCN(C(=O)C2CCC2)CC1. The van der Waals surface area contributed by atoms with Crippen LogP contribution in [0.25, 0.3) is 4.91 Å². The van der Waals surface area contributed by atoms with Crippen LogP contribution in [0.3, 0.4) is 0 Å². The minimum absolute atomic E-state index is 0.189. The molecule has 6 nitrogen and oxygen atoms in total. The van der Waals surface area contributed by atoms with Crippen molar-refractivity contribution in [2.45, 2.75) is 32.6 Å². The third-order valence-corrected chi connectivity index (χ3v) is 7.53. The Hall–Kier alpha value is -1.86. The summed E-state index contributed by atoms with van der Waals surface area (Å²) in [7, 11) is -3.75. The van der Waals surface area contributed by atoms with E-state index in [1.165, 1.54) is 0 Å². The van der Waals surface area contributed by atoms with E-state index in [1.54, 1.807) is 31.2 Å². The number of hydrogen-bond acceptors (Lipinski definition) is 4. The van der Waals surface area contributed by atoms with Gasteiger partial charge in [0.2, 0.25) is 5.91 Å². The highest BCUT2D eigenvalue weighted by Gasteiger charge is 2.35. The third-order valence-electron chi connectivity index (χ3n) is 5.81. The number of halogens is 1. The maximum absolute atomic E-state index is 12.7. The van der Waals surface area contributed by atoms with Crippen LogP contribution in [0, 0.1) is 5.92 Å². The molecule has 1 aromatic carbocycles. The molecule has 1 amide bonds. The molecule has 0 unspecified atom stereocenters. The number of nitrogens with zero attached hydrogens (tertiary/aromatic N) is 3. The summed E-state index contributed by atoms with van der Waals surface area (Å²) in [6, 6.07) is 6.78. The van der Waals surface area contributed by atoms with Gasteiger partial charge >= 0.3 is 0 Å². The standard InChI is InChI=1S/C20H24ClN3O3S/c1-14-18(15-6-8-17(21)9-7-15)28(26,27)22-19(14)23-10-3-11-24(13-12-23)20(25)16-4-2-5-16/h6-9,16H,2-5,10-13H2,1H3. The van der Waals surface area contributed by atoms with Crippen molar-refractivity contribution in [2.24, 2.45) is 10.3 Å². The van der Waals surface area contributed by atoms with E-state index in [4.69, 9.17) is 11.6 Å². The van der Waals surface area contributed by atoms with Gasteiger partial charge in [-0.25, -0.2) is 0 Å². The predicted molar refractivity (Wildman–Crippen MR) is 111 cm³/mol. The number of rotatable bonds is 2. The first kappa shape index (κ1) is 19.5. The number of carbonyl (C=O) groups excluding carboxylic acids is 1. The largest absolute Gasteiger partial charge is 0.354 e. The lowest BCUT2D eigenvalue weighted by Gasteiger charge is -2.31. The van der Waals surface area contributed by atoms with Crippen LogP contribution in [0.1, 0.15) is 38.2 Å². The van der Waals surface area contributed by atoms with Crippen LogP contribution < -0.4 is 0 Å². The van der Waals surface area contributed by atoms with Crippen molar-refractivity contribution in [1.29, 1.82) is 0 Å². The zero-order chi connectivity index (χ0) is 19.9.